The van der Waals surface area contributed by atoms with Crippen LogP contribution in [0.3, 0.4) is 0 Å². The van der Waals surface area contributed by atoms with Crippen molar-refractivity contribution in [3.63, 3.8) is 0 Å². The molecule has 0 aliphatic carbocycles. The molecule has 3 heterocycles. The summed E-state index contributed by atoms with van der Waals surface area (Å²) in [6.07, 6.45) is 7.48. The van der Waals surface area contributed by atoms with Crippen molar-refractivity contribution in [2.24, 2.45) is 18.4 Å². The highest BCUT2D eigenvalue weighted by Crippen LogP contribution is 2.42. The summed E-state index contributed by atoms with van der Waals surface area (Å²) in [5, 5.41) is 4.22. The fraction of sp³-hybridized carbons (Fsp3) is 0.577. The molecule has 0 unspecified atom stereocenters. The first-order valence-electron chi connectivity index (χ1n) is 12.0. The molecule has 1 aromatic carbocycles. The van der Waals surface area contributed by atoms with Crippen molar-refractivity contribution in [1.29, 1.82) is 0 Å². The maximum Gasteiger partial charge on any atom is 0.257 e. The van der Waals surface area contributed by atoms with Crippen LogP contribution in [0.25, 0.3) is 0 Å². The molecular weight excluding hydrogens is 400 g/mol. The van der Waals surface area contributed by atoms with E-state index in [9.17, 15) is 9.59 Å². The van der Waals surface area contributed by atoms with E-state index in [1.807, 2.05) is 24.9 Å². The van der Waals surface area contributed by atoms with Crippen LogP contribution in [0.2, 0.25) is 0 Å². The molecule has 0 radical (unpaired) electrons. The normalized spacial score (nSPS) is 22.8. The predicted molar refractivity (Wildman–Crippen MR) is 125 cm³/mol. The molecule has 0 spiro atoms. The van der Waals surface area contributed by atoms with Crippen LogP contribution < -0.4 is 0 Å². The van der Waals surface area contributed by atoms with Crippen molar-refractivity contribution in [2.75, 3.05) is 26.2 Å². The number of carbonyl (C=O) groups is 2. The molecule has 4 rings (SSSR count). The van der Waals surface area contributed by atoms with Gasteiger partial charge in [-0.15, -0.1) is 0 Å². The number of likely N-dealkylation sites (tertiary alicyclic amines) is 2. The van der Waals surface area contributed by atoms with Crippen molar-refractivity contribution in [2.45, 2.75) is 52.4 Å². The van der Waals surface area contributed by atoms with Gasteiger partial charge in [0.05, 0.1) is 11.8 Å². The summed E-state index contributed by atoms with van der Waals surface area (Å²) in [7, 11) is 1.86. The number of aromatic nitrogens is 2. The van der Waals surface area contributed by atoms with Crippen LogP contribution in [0.4, 0.5) is 0 Å². The van der Waals surface area contributed by atoms with E-state index < -0.39 is 0 Å². The molecule has 2 amide bonds. The standard InChI is InChI=1S/C26H36N4O2/c1-20-23(19-27-28(20)3)24(31)29-17-12-22(13-18-29)26(2)14-7-8-15-30(25(26)32)16-11-21-9-5-4-6-10-21/h4-6,9-10,19,22H,7-8,11-18H2,1-3H3/t26-/m0/s1. The van der Waals surface area contributed by atoms with Crippen LogP contribution in [0, 0.1) is 18.3 Å². The van der Waals surface area contributed by atoms with Crippen molar-refractivity contribution in [3.05, 3.63) is 53.3 Å². The fourth-order valence-corrected chi connectivity index (χ4v) is 5.46. The van der Waals surface area contributed by atoms with Crippen molar-refractivity contribution in [3.8, 4) is 0 Å². The molecule has 2 aliphatic heterocycles. The Balaban J connectivity index is 1.40. The Bertz CT molecular complexity index is 946. The van der Waals surface area contributed by atoms with E-state index in [-0.39, 0.29) is 11.3 Å². The zero-order valence-electron chi connectivity index (χ0n) is 19.7. The van der Waals surface area contributed by atoms with Crippen LogP contribution in [-0.2, 0) is 18.3 Å². The second kappa shape index (κ2) is 9.47. The van der Waals surface area contributed by atoms with E-state index in [1.165, 1.54) is 5.56 Å². The number of piperidine rings is 1. The van der Waals surface area contributed by atoms with E-state index in [4.69, 9.17) is 0 Å². The van der Waals surface area contributed by atoms with Gasteiger partial charge in [0.2, 0.25) is 5.91 Å². The van der Waals surface area contributed by atoms with Crippen LogP contribution >= 0.6 is 0 Å². The monoisotopic (exact) mass is 436 g/mol. The fourth-order valence-electron chi connectivity index (χ4n) is 5.46. The lowest BCUT2D eigenvalue weighted by molar-refractivity contribution is -0.144. The molecule has 32 heavy (non-hydrogen) atoms. The van der Waals surface area contributed by atoms with Gasteiger partial charge < -0.3 is 9.80 Å². The van der Waals surface area contributed by atoms with Gasteiger partial charge >= 0.3 is 0 Å². The molecular formula is C26H36N4O2. The minimum absolute atomic E-state index is 0.0656. The minimum Gasteiger partial charge on any atom is -0.342 e. The SMILES string of the molecule is Cc1c(C(=O)N2CCC([C@]3(C)CCCCN(CCc4ccccc4)C3=O)CC2)cnn1C. The highest BCUT2D eigenvalue weighted by molar-refractivity contribution is 5.95. The molecule has 0 bridgehead atoms. The van der Waals surface area contributed by atoms with Crippen molar-refractivity contribution >= 4 is 11.8 Å². The van der Waals surface area contributed by atoms with E-state index in [2.05, 4.69) is 41.2 Å². The van der Waals surface area contributed by atoms with Crippen LogP contribution in [0.5, 0.6) is 0 Å². The number of benzene rings is 1. The number of hydrogen-bond acceptors (Lipinski definition) is 3. The van der Waals surface area contributed by atoms with Gasteiger partial charge in [-0.1, -0.05) is 43.7 Å². The Labute approximate surface area is 191 Å². The lowest BCUT2D eigenvalue weighted by Gasteiger charge is -2.43. The number of nitrogens with zero attached hydrogens (tertiary/aromatic N) is 4. The first-order valence-corrected chi connectivity index (χ1v) is 12.0. The number of aryl methyl sites for hydroxylation is 1. The first kappa shape index (κ1) is 22.6. The summed E-state index contributed by atoms with van der Waals surface area (Å²) in [6, 6.07) is 10.4. The summed E-state index contributed by atoms with van der Waals surface area (Å²) in [6.45, 7) is 7.19. The molecule has 172 valence electrons. The van der Waals surface area contributed by atoms with Gasteiger partial charge in [0.1, 0.15) is 0 Å². The number of carbonyl (C=O) groups excluding carboxylic acids is 2. The lowest BCUT2D eigenvalue weighted by Crippen LogP contribution is -2.49. The largest absolute Gasteiger partial charge is 0.342 e. The second-order valence-corrected chi connectivity index (χ2v) is 9.74. The molecule has 1 atom stereocenters. The van der Waals surface area contributed by atoms with Crippen LogP contribution in [0.15, 0.2) is 36.5 Å². The van der Waals surface area contributed by atoms with Crippen molar-refractivity contribution in [1.82, 2.24) is 19.6 Å². The second-order valence-electron chi connectivity index (χ2n) is 9.74. The third kappa shape index (κ3) is 4.45. The van der Waals surface area contributed by atoms with E-state index in [0.717, 1.165) is 57.3 Å². The van der Waals surface area contributed by atoms with Crippen LogP contribution in [0.1, 0.15) is 60.6 Å². The van der Waals surface area contributed by atoms with Gasteiger partial charge in [-0.05, 0) is 50.5 Å². The van der Waals surface area contributed by atoms with Gasteiger partial charge in [-0.3, -0.25) is 14.3 Å². The minimum atomic E-state index is -0.327. The Hall–Kier alpha value is -2.63. The van der Waals surface area contributed by atoms with Gasteiger partial charge in [-0.25, -0.2) is 0 Å². The Morgan fingerprint density at radius 2 is 1.84 bits per heavy atom. The summed E-state index contributed by atoms with van der Waals surface area (Å²) >= 11 is 0. The zero-order valence-corrected chi connectivity index (χ0v) is 19.7. The summed E-state index contributed by atoms with van der Waals surface area (Å²) in [4.78, 5) is 30.7. The summed E-state index contributed by atoms with van der Waals surface area (Å²) in [5.41, 5.74) is 2.54. The third-order valence-electron chi connectivity index (χ3n) is 7.81. The Kier molecular flexibility index (Phi) is 6.68. The summed E-state index contributed by atoms with van der Waals surface area (Å²) in [5.74, 6) is 0.709. The lowest BCUT2D eigenvalue weighted by atomic mass is 9.69. The zero-order chi connectivity index (χ0) is 22.7. The molecule has 2 fully saturated rings. The average Bonchev–Trinajstić information content (AvgIpc) is 3.08. The molecule has 1 aromatic heterocycles. The molecule has 2 saturated heterocycles. The predicted octanol–water partition coefficient (Wildman–Crippen LogP) is 3.84. The number of amides is 2. The molecule has 0 N–H and O–H groups in total. The van der Waals surface area contributed by atoms with Crippen LogP contribution in [-0.4, -0.2) is 57.6 Å². The Morgan fingerprint density at radius 3 is 2.50 bits per heavy atom. The quantitative estimate of drug-likeness (QED) is 0.716. The molecule has 6 heteroatoms. The maximum atomic E-state index is 13.7. The average molecular weight is 437 g/mol. The molecule has 2 aliphatic rings. The molecule has 0 saturated carbocycles. The number of hydrogen-bond donors (Lipinski definition) is 0. The molecule has 6 nitrogen and oxygen atoms in total. The number of rotatable bonds is 5. The van der Waals surface area contributed by atoms with Gasteiger partial charge in [-0.2, -0.15) is 5.10 Å². The Morgan fingerprint density at radius 1 is 1.12 bits per heavy atom. The van der Waals surface area contributed by atoms with E-state index in [1.54, 1.807) is 10.9 Å². The highest BCUT2D eigenvalue weighted by atomic mass is 16.2. The smallest absolute Gasteiger partial charge is 0.257 e. The van der Waals surface area contributed by atoms with E-state index >= 15 is 0 Å². The third-order valence-corrected chi connectivity index (χ3v) is 7.81. The van der Waals surface area contributed by atoms with Gasteiger partial charge in [0, 0.05) is 44.3 Å². The van der Waals surface area contributed by atoms with Crippen molar-refractivity contribution < 1.29 is 9.59 Å². The maximum absolute atomic E-state index is 13.7. The first-order chi connectivity index (χ1) is 15.4. The topological polar surface area (TPSA) is 58.4 Å². The highest BCUT2D eigenvalue weighted by Gasteiger charge is 2.45. The summed E-state index contributed by atoms with van der Waals surface area (Å²) < 4.78 is 1.75. The molecule has 2 aromatic rings. The van der Waals surface area contributed by atoms with Gasteiger partial charge in [0.15, 0.2) is 0 Å². The van der Waals surface area contributed by atoms with Gasteiger partial charge in [0.25, 0.3) is 5.91 Å². The van der Waals surface area contributed by atoms with E-state index in [0.29, 0.717) is 30.5 Å².